The zero-order chi connectivity index (χ0) is 15.6. The number of nitrogens with zero attached hydrogens (tertiary/aromatic N) is 2. The molecule has 0 bridgehead atoms. The second-order valence-corrected chi connectivity index (χ2v) is 6.20. The second kappa shape index (κ2) is 5.41. The summed E-state index contributed by atoms with van der Waals surface area (Å²) in [4.78, 5) is 9.87. The summed E-state index contributed by atoms with van der Waals surface area (Å²) >= 11 is 0. The van der Waals surface area contributed by atoms with Gasteiger partial charge < -0.3 is 5.73 Å². The first kappa shape index (κ1) is 14.8. The fraction of sp³-hybridized carbons (Fsp3) is 0.0769. The van der Waals surface area contributed by atoms with Crippen molar-refractivity contribution in [3.05, 3.63) is 58.6 Å². The maximum atomic E-state index is 12.6. The monoisotopic (exact) mass is 307 g/mol. The minimum atomic E-state index is -4.08. The van der Waals surface area contributed by atoms with Gasteiger partial charge in [0.2, 0.25) is 0 Å². The highest BCUT2D eigenvalue weighted by atomic mass is 32.2. The van der Waals surface area contributed by atoms with Crippen LogP contribution in [0.3, 0.4) is 0 Å². The zero-order valence-corrected chi connectivity index (χ0v) is 11.9. The molecule has 0 unspecified atom stereocenters. The van der Waals surface area contributed by atoms with Gasteiger partial charge in [-0.05, 0) is 24.3 Å². The van der Waals surface area contributed by atoms with E-state index in [-0.39, 0.29) is 5.69 Å². The number of anilines is 2. The molecule has 2 aromatic rings. The van der Waals surface area contributed by atoms with Crippen LogP contribution in [-0.2, 0) is 10.0 Å². The SMILES string of the molecule is CN(c1ccccc1)S(=O)(=O)c1cccc(N)c1[N+](=O)[O-]. The average molecular weight is 307 g/mol. The van der Waals surface area contributed by atoms with Gasteiger partial charge in [-0.15, -0.1) is 0 Å². The first-order chi connectivity index (χ1) is 9.85. The third kappa shape index (κ3) is 2.65. The van der Waals surface area contributed by atoms with Crippen LogP contribution >= 0.6 is 0 Å². The van der Waals surface area contributed by atoms with E-state index in [0.717, 1.165) is 4.31 Å². The largest absolute Gasteiger partial charge is 0.393 e. The third-order valence-electron chi connectivity index (χ3n) is 2.97. The molecule has 0 aromatic heterocycles. The van der Waals surface area contributed by atoms with Gasteiger partial charge in [0, 0.05) is 7.05 Å². The maximum Gasteiger partial charge on any atom is 0.312 e. The van der Waals surface area contributed by atoms with Gasteiger partial charge in [-0.3, -0.25) is 14.4 Å². The third-order valence-corrected chi connectivity index (χ3v) is 4.79. The topological polar surface area (TPSA) is 107 Å². The maximum absolute atomic E-state index is 12.6. The standard InChI is InChI=1S/C13H13N3O4S/c1-15(10-6-3-2-4-7-10)21(19,20)12-9-5-8-11(14)13(12)16(17)18/h2-9H,14H2,1H3. The van der Waals surface area contributed by atoms with E-state index < -0.39 is 25.5 Å². The van der Waals surface area contributed by atoms with Crippen molar-refractivity contribution in [2.75, 3.05) is 17.1 Å². The van der Waals surface area contributed by atoms with Crippen molar-refractivity contribution in [2.24, 2.45) is 0 Å². The summed E-state index contributed by atoms with van der Waals surface area (Å²) in [5, 5.41) is 11.1. The molecule has 0 fully saturated rings. The van der Waals surface area contributed by atoms with Gasteiger partial charge in [0.25, 0.3) is 10.0 Å². The number of nitro groups is 1. The van der Waals surface area contributed by atoms with Crippen molar-refractivity contribution < 1.29 is 13.3 Å². The van der Waals surface area contributed by atoms with Crippen molar-refractivity contribution in [1.82, 2.24) is 0 Å². The number of benzene rings is 2. The first-order valence-corrected chi connectivity index (χ1v) is 7.36. The van der Waals surface area contributed by atoms with E-state index in [4.69, 9.17) is 5.73 Å². The molecule has 110 valence electrons. The number of hydrogen-bond acceptors (Lipinski definition) is 5. The highest BCUT2D eigenvalue weighted by Crippen LogP contribution is 2.32. The predicted octanol–water partition coefficient (Wildman–Crippen LogP) is 2.00. The molecule has 8 heteroatoms. The highest BCUT2D eigenvalue weighted by molar-refractivity contribution is 7.93. The van der Waals surface area contributed by atoms with Gasteiger partial charge >= 0.3 is 5.69 Å². The van der Waals surface area contributed by atoms with Gasteiger partial charge in [-0.1, -0.05) is 24.3 Å². The van der Waals surface area contributed by atoms with Crippen molar-refractivity contribution in [2.45, 2.75) is 4.90 Å². The summed E-state index contributed by atoms with van der Waals surface area (Å²) in [6, 6.07) is 12.1. The summed E-state index contributed by atoms with van der Waals surface area (Å²) in [5.41, 5.74) is 5.13. The molecule has 0 heterocycles. The van der Waals surface area contributed by atoms with E-state index in [1.165, 1.54) is 25.2 Å². The Hall–Kier alpha value is -2.61. The Bertz CT molecular complexity index is 775. The summed E-state index contributed by atoms with van der Waals surface area (Å²) < 4.78 is 26.1. The molecule has 0 amide bonds. The lowest BCUT2D eigenvalue weighted by molar-refractivity contribution is -0.386. The summed E-state index contributed by atoms with van der Waals surface area (Å²) in [6.45, 7) is 0. The Kier molecular flexibility index (Phi) is 3.81. The van der Waals surface area contributed by atoms with Gasteiger partial charge in [0.05, 0.1) is 10.6 Å². The number of nitrogens with two attached hydrogens (primary N) is 1. The number of nitrogen functional groups attached to an aromatic ring is 1. The minimum Gasteiger partial charge on any atom is -0.393 e. The molecule has 0 saturated heterocycles. The van der Waals surface area contributed by atoms with Gasteiger partial charge in [-0.2, -0.15) is 0 Å². The van der Waals surface area contributed by atoms with E-state index in [9.17, 15) is 18.5 Å². The Morgan fingerprint density at radius 1 is 1.10 bits per heavy atom. The predicted molar refractivity (Wildman–Crippen MR) is 79.5 cm³/mol. The van der Waals surface area contributed by atoms with Crippen LogP contribution in [0.1, 0.15) is 0 Å². The lowest BCUT2D eigenvalue weighted by Crippen LogP contribution is -2.27. The summed E-state index contributed by atoms with van der Waals surface area (Å²) in [5.74, 6) is 0. The summed E-state index contributed by atoms with van der Waals surface area (Å²) in [7, 11) is -2.75. The number of nitro benzene ring substituents is 1. The van der Waals surface area contributed by atoms with E-state index in [1.54, 1.807) is 30.3 Å². The molecule has 21 heavy (non-hydrogen) atoms. The normalized spacial score (nSPS) is 11.1. The molecule has 2 aromatic carbocycles. The first-order valence-electron chi connectivity index (χ1n) is 5.92. The second-order valence-electron chi connectivity index (χ2n) is 4.26. The summed E-state index contributed by atoms with van der Waals surface area (Å²) in [6.07, 6.45) is 0. The molecule has 2 N–H and O–H groups in total. The van der Waals surface area contributed by atoms with Gasteiger partial charge in [0.1, 0.15) is 5.69 Å². The van der Waals surface area contributed by atoms with Crippen molar-refractivity contribution in [1.29, 1.82) is 0 Å². The number of hydrogen-bond donors (Lipinski definition) is 1. The van der Waals surface area contributed by atoms with Crippen molar-refractivity contribution >= 4 is 27.1 Å². The van der Waals surface area contributed by atoms with Crippen LogP contribution in [0.25, 0.3) is 0 Å². The Labute approximate surface area is 121 Å². The van der Waals surface area contributed by atoms with Gasteiger partial charge in [-0.25, -0.2) is 8.42 Å². The van der Waals surface area contributed by atoms with Crippen LogP contribution in [0, 0.1) is 10.1 Å². The molecule has 2 rings (SSSR count). The smallest absolute Gasteiger partial charge is 0.312 e. The van der Waals surface area contributed by atoms with Crippen LogP contribution < -0.4 is 10.0 Å². The average Bonchev–Trinajstić information content (AvgIpc) is 2.46. The van der Waals surface area contributed by atoms with E-state index in [2.05, 4.69) is 0 Å². The molecule has 0 radical (unpaired) electrons. The number of sulfonamides is 1. The molecule has 0 spiro atoms. The van der Waals surface area contributed by atoms with Crippen LogP contribution in [0.5, 0.6) is 0 Å². The van der Waals surface area contributed by atoms with Crippen LogP contribution in [-0.4, -0.2) is 20.4 Å². The molecule has 0 saturated carbocycles. The zero-order valence-electron chi connectivity index (χ0n) is 11.1. The number of rotatable bonds is 4. The molecule has 0 aliphatic rings. The lowest BCUT2D eigenvalue weighted by Gasteiger charge is -2.19. The molecular weight excluding hydrogens is 294 g/mol. The van der Waals surface area contributed by atoms with E-state index in [1.807, 2.05) is 0 Å². The van der Waals surface area contributed by atoms with Crippen molar-refractivity contribution in [3.63, 3.8) is 0 Å². The Morgan fingerprint density at radius 2 is 1.71 bits per heavy atom. The molecular formula is C13H13N3O4S. The fourth-order valence-electron chi connectivity index (χ4n) is 1.87. The van der Waals surface area contributed by atoms with Crippen LogP contribution in [0.4, 0.5) is 17.1 Å². The van der Waals surface area contributed by atoms with Crippen LogP contribution in [0.15, 0.2) is 53.4 Å². The highest BCUT2D eigenvalue weighted by Gasteiger charge is 2.31. The quantitative estimate of drug-likeness (QED) is 0.528. The van der Waals surface area contributed by atoms with E-state index in [0.29, 0.717) is 5.69 Å². The number of para-hydroxylation sites is 2. The van der Waals surface area contributed by atoms with Gasteiger partial charge in [0.15, 0.2) is 4.90 Å². The lowest BCUT2D eigenvalue weighted by atomic mass is 10.3. The fourth-order valence-corrected chi connectivity index (χ4v) is 3.25. The van der Waals surface area contributed by atoms with Crippen LogP contribution in [0.2, 0.25) is 0 Å². The Balaban J connectivity index is 2.61. The minimum absolute atomic E-state index is 0.192. The molecule has 0 aliphatic heterocycles. The molecule has 7 nitrogen and oxygen atoms in total. The molecule has 0 aliphatic carbocycles. The van der Waals surface area contributed by atoms with E-state index >= 15 is 0 Å². The Morgan fingerprint density at radius 3 is 2.29 bits per heavy atom. The molecule has 0 atom stereocenters. The van der Waals surface area contributed by atoms with Crippen molar-refractivity contribution in [3.8, 4) is 0 Å².